The van der Waals surface area contributed by atoms with Crippen molar-refractivity contribution in [1.82, 2.24) is 0 Å². The largest absolute Gasteiger partial charge is 0.311 e. The van der Waals surface area contributed by atoms with E-state index in [0.29, 0.717) is 5.92 Å². The van der Waals surface area contributed by atoms with Crippen LogP contribution in [0.4, 0.5) is 34.1 Å². The number of benzene rings is 9. The van der Waals surface area contributed by atoms with E-state index in [9.17, 15) is 0 Å². The van der Waals surface area contributed by atoms with E-state index in [1.54, 1.807) is 0 Å². The fraction of sp³-hybridized carbons (Fsp3) is 0.0667. The van der Waals surface area contributed by atoms with E-state index in [1.807, 2.05) is 11.3 Å². The van der Waals surface area contributed by atoms with Gasteiger partial charge in [-0.15, -0.1) is 11.3 Å². The highest BCUT2D eigenvalue weighted by Crippen LogP contribution is 2.64. The van der Waals surface area contributed by atoms with Crippen LogP contribution >= 0.6 is 11.3 Å². The van der Waals surface area contributed by atoms with E-state index in [0.717, 1.165) is 0 Å². The van der Waals surface area contributed by atoms with Crippen LogP contribution in [0.2, 0.25) is 0 Å². The summed E-state index contributed by atoms with van der Waals surface area (Å²) in [4.78, 5) is 5.17. The molecule has 9 aromatic carbocycles. The zero-order valence-electron chi connectivity index (χ0n) is 35.6. The maximum Gasteiger partial charge on any atom is 0.264 e. The molecule has 0 N–H and O–H groups in total. The maximum atomic E-state index is 2.62. The summed E-state index contributed by atoms with van der Waals surface area (Å²) in [6.45, 7) is 4.70. The fourth-order valence-electron chi connectivity index (χ4n) is 11.9. The van der Waals surface area contributed by atoms with E-state index in [2.05, 4.69) is 230 Å². The van der Waals surface area contributed by atoms with Crippen LogP contribution in [-0.2, 0) is 5.41 Å². The molecule has 2 aliphatic carbocycles. The van der Waals surface area contributed by atoms with E-state index in [4.69, 9.17) is 0 Å². The minimum Gasteiger partial charge on any atom is -0.311 e. The summed E-state index contributed by atoms with van der Waals surface area (Å²) in [5.74, 6) is 0.320. The van der Waals surface area contributed by atoms with Gasteiger partial charge < -0.3 is 9.80 Å². The van der Waals surface area contributed by atoms with Crippen LogP contribution in [0.15, 0.2) is 206 Å². The lowest BCUT2D eigenvalue weighted by molar-refractivity contribution is 0.795. The van der Waals surface area contributed by atoms with Crippen LogP contribution < -0.4 is 25.5 Å². The Morgan fingerprint density at radius 2 is 0.984 bits per heavy atom. The highest BCUT2D eigenvalue weighted by atomic mass is 32.1. The number of rotatable bonds is 4. The summed E-state index contributed by atoms with van der Waals surface area (Å²) in [6.07, 6.45) is 0. The first-order valence-corrected chi connectivity index (χ1v) is 23.4. The molecule has 2 nitrogen and oxygen atoms in total. The quantitative estimate of drug-likeness (QED) is 0.163. The standard InChI is InChI=1S/C60H41BN2S/c1-37(2)40-33-54-57-55(34-40)63(42-22-10-5-11-23-42)58-47-35-46-45-26-14-17-29-50(45)60(48-27-15-12-24-43(48)44-25-13-16-28-49(44)60)51(46)36-56(47)64-59(58)61(57)52-31-30-39(38-18-6-3-7-19-38)32-53(52)62(54)41-20-8-4-9-21-41/h3-37H,1-2H3. The molecule has 0 saturated heterocycles. The number of hydrogen-bond acceptors (Lipinski definition) is 3. The average molecular weight is 833 g/mol. The highest BCUT2D eigenvalue weighted by Gasteiger charge is 2.52. The number of hydrogen-bond donors (Lipinski definition) is 0. The molecule has 300 valence electrons. The second-order valence-corrected chi connectivity index (χ2v) is 19.2. The lowest BCUT2D eigenvalue weighted by Crippen LogP contribution is -2.60. The van der Waals surface area contributed by atoms with Crippen molar-refractivity contribution in [2.24, 2.45) is 0 Å². The molecule has 64 heavy (non-hydrogen) atoms. The summed E-state index contributed by atoms with van der Waals surface area (Å²) in [6, 6.07) is 77.9. The van der Waals surface area contributed by atoms with Crippen molar-refractivity contribution in [3.63, 3.8) is 0 Å². The van der Waals surface area contributed by atoms with Crippen molar-refractivity contribution in [3.8, 4) is 33.4 Å². The fourth-order valence-corrected chi connectivity index (χ4v) is 13.3. The van der Waals surface area contributed by atoms with Gasteiger partial charge in [0.2, 0.25) is 0 Å². The maximum absolute atomic E-state index is 2.62. The lowest BCUT2D eigenvalue weighted by Gasteiger charge is -2.43. The summed E-state index contributed by atoms with van der Waals surface area (Å²) in [5, 5.41) is 1.31. The Bertz CT molecular complexity index is 3510. The molecule has 14 rings (SSSR count). The molecule has 1 aromatic heterocycles. The van der Waals surface area contributed by atoms with Crippen LogP contribution in [0.3, 0.4) is 0 Å². The molecular weight excluding hydrogens is 792 g/mol. The van der Waals surface area contributed by atoms with Crippen molar-refractivity contribution >= 4 is 78.0 Å². The second kappa shape index (κ2) is 13.3. The first kappa shape index (κ1) is 36.1. The van der Waals surface area contributed by atoms with Crippen LogP contribution in [-0.4, -0.2) is 6.71 Å². The lowest BCUT2D eigenvalue weighted by atomic mass is 9.36. The van der Waals surface area contributed by atoms with E-state index >= 15 is 0 Å². The van der Waals surface area contributed by atoms with Crippen LogP contribution in [0.25, 0.3) is 43.5 Å². The van der Waals surface area contributed by atoms with Gasteiger partial charge in [-0.05, 0) is 133 Å². The molecule has 4 aliphatic rings. The number of nitrogens with zero attached hydrogens (tertiary/aromatic N) is 2. The normalized spacial score (nSPS) is 14.3. The molecule has 0 bridgehead atoms. The summed E-state index contributed by atoms with van der Waals surface area (Å²) < 4.78 is 2.72. The first-order valence-electron chi connectivity index (χ1n) is 22.6. The van der Waals surface area contributed by atoms with E-state index in [1.165, 1.54) is 121 Å². The zero-order chi connectivity index (χ0) is 42.3. The molecule has 10 aromatic rings. The van der Waals surface area contributed by atoms with Gasteiger partial charge in [0, 0.05) is 43.3 Å². The molecule has 0 unspecified atom stereocenters. The van der Waals surface area contributed by atoms with Crippen molar-refractivity contribution in [2.45, 2.75) is 25.2 Å². The smallest absolute Gasteiger partial charge is 0.264 e. The first-order chi connectivity index (χ1) is 31.6. The molecule has 0 radical (unpaired) electrons. The van der Waals surface area contributed by atoms with Gasteiger partial charge in [0.05, 0.1) is 11.1 Å². The van der Waals surface area contributed by atoms with Gasteiger partial charge in [0.25, 0.3) is 6.71 Å². The van der Waals surface area contributed by atoms with Gasteiger partial charge in [-0.25, -0.2) is 0 Å². The monoisotopic (exact) mass is 832 g/mol. The average Bonchev–Trinajstić information content (AvgIpc) is 3.97. The predicted octanol–water partition coefficient (Wildman–Crippen LogP) is 14.1. The third kappa shape index (κ3) is 4.71. The van der Waals surface area contributed by atoms with Crippen molar-refractivity contribution in [3.05, 3.63) is 234 Å². The summed E-state index contributed by atoms with van der Waals surface area (Å²) >= 11 is 2.00. The molecule has 4 heteroatoms. The summed E-state index contributed by atoms with van der Waals surface area (Å²) in [5.41, 5.74) is 24.3. The van der Waals surface area contributed by atoms with Crippen LogP contribution in [0, 0.1) is 0 Å². The Hall–Kier alpha value is -7.40. The predicted molar refractivity (Wildman–Crippen MR) is 272 cm³/mol. The number of anilines is 6. The molecule has 0 atom stereocenters. The Kier molecular flexibility index (Phi) is 7.51. The molecule has 0 saturated carbocycles. The SMILES string of the molecule is CC(C)c1cc2c3c(c1)N(c1ccccc1)c1c(sc4cc5c(cc14)-c1ccccc1C51c4ccccc4-c4ccccc41)B3c1ccc(-c3ccccc3)cc1N2c1ccccc1. The Morgan fingerprint density at radius 3 is 1.59 bits per heavy atom. The molecule has 2 aliphatic heterocycles. The number of para-hydroxylation sites is 2. The topological polar surface area (TPSA) is 6.48 Å². The van der Waals surface area contributed by atoms with Gasteiger partial charge >= 0.3 is 0 Å². The minimum atomic E-state index is -0.402. The number of thiophene rings is 1. The van der Waals surface area contributed by atoms with Crippen LogP contribution in [0.1, 0.15) is 47.6 Å². The van der Waals surface area contributed by atoms with Crippen LogP contribution in [0.5, 0.6) is 0 Å². The van der Waals surface area contributed by atoms with E-state index in [-0.39, 0.29) is 6.71 Å². The van der Waals surface area contributed by atoms with Crippen molar-refractivity contribution in [2.75, 3.05) is 9.80 Å². The highest BCUT2D eigenvalue weighted by molar-refractivity contribution is 7.33. The molecule has 3 heterocycles. The Morgan fingerprint density at radius 1 is 0.453 bits per heavy atom. The van der Waals surface area contributed by atoms with Gasteiger partial charge in [-0.2, -0.15) is 0 Å². The van der Waals surface area contributed by atoms with Crippen molar-refractivity contribution in [1.29, 1.82) is 0 Å². The second-order valence-electron chi connectivity index (χ2n) is 18.1. The molecule has 0 fully saturated rings. The van der Waals surface area contributed by atoms with Gasteiger partial charge in [0.1, 0.15) is 0 Å². The summed E-state index contributed by atoms with van der Waals surface area (Å²) in [7, 11) is 0. The number of fused-ring (bicyclic) bond motifs is 16. The third-order valence-corrected chi connectivity index (χ3v) is 15.8. The minimum absolute atomic E-state index is 0.0300. The van der Waals surface area contributed by atoms with Crippen molar-refractivity contribution < 1.29 is 0 Å². The van der Waals surface area contributed by atoms with E-state index < -0.39 is 5.41 Å². The van der Waals surface area contributed by atoms with Gasteiger partial charge in [0.15, 0.2) is 0 Å². The Balaban J connectivity index is 1.11. The molecular formula is C60H41BN2S. The van der Waals surface area contributed by atoms with Gasteiger partial charge in [-0.1, -0.05) is 166 Å². The third-order valence-electron chi connectivity index (χ3n) is 14.6. The zero-order valence-corrected chi connectivity index (χ0v) is 36.4. The Labute approximate surface area is 378 Å². The van der Waals surface area contributed by atoms with Gasteiger partial charge in [-0.3, -0.25) is 0 Å². The molecule has 0 amide bonds. The molecule has 1 spiro atoms.